The number of hydrogen-bond donors (Lipinski definition) is 2. The van der Waals surface area contributed by atoms with E-state index < -0.39 is 18.1 Å². The highest BCUT2D eigenvalue weighted by atomic mass is 16.5. The van der Waals surface area contributed by atoms with Crippen LogP contribution >= 0.6 is 0 Å². The van der Waals surface area contributed by atoms with Crippen molar-refractivity contribution in [3.8, 4) is 0 Å². The molecule has 3 aliphatic rings. The maximum Gasteiger partial charge on any atom is 0.328 e. The van der Waals surface area contributed by atoms with Gasteiger partial charge in [0.25, 0.3) is 0 Å². The van der Waals surface area contributed by atoms with Crippen molar-refractivity contribution in [2.24, 2.45) is 23.2 Å². The first kappa shape index (κ1) is 24.2. The molecule has 0 unspecified atom stereocenters. The third-order valence-electron chi connectivity index (χ3n) is 8.16. The number of esters is 1. The van der Waals surface area contributed by atoms with Gasteiger partial charge >= 0.3 is 5.97 Å². The van der Waals surface area contributed by atoms with Crippen molar-refractivity contribution in [1.29, 1.82) is 0 Å². The lowest BCUT2D eigenvalue weighted by Gasteiger charge is -2.33. The van der Waals surface area contributed by atoms with Crippen LogP contribution in [0.5, 0.6) is 0 Å². The van der Waals surface area contributed by atoms with Gasteiger partial charge in [-0.1, -0.05) is 43.7 Å². The smallest absolute Gasteiger partial charge is 0.328 e. The number of benzene rings is 1. The Morgan fingerprint density at radius 2 is 2.03 bits per heavy atom. The van der Waals surface area contributed by atoms with Crippen LogP contribution < -0.4 is 10.6 Å². The summed E-state index contributed by atoms with van der Waals surface area (Å²) >= 11 is 0. The molecule has 0 spiro atoms. The third kappa shape index (κ3) is 4.30. The Bertz CT molecular complexity index is 1010. The molecular formula is C26H35N3O5. The summed E-state index contributed by atoms with van der Waals surface area (Å²) in [6.45, 7) is 9.19. The molecule has 1 aromatic rings. The molecule has 3 amide bonds. The highest BCUT2D eigenvalue weighted by molar-refractivity contribution is 5.94. The molecule has 4 rings (SSSR count). The summed E-state index contributed by atoms with van der Waals surface area (Å²) < 4.78 is 4.92. The molecule has 0 radical (unpaired) electrons. The number of nitrogens with one attached hydrogen (secondary N) is 2. The minimum atomic E-state index is -0.932. The predicted molar refractivity (Wildman–Crippen MR) is 126 cm³/mol. The molecule has 2 heterocycles. The predicted octanol–water partition coefficient (Wildman–Crippen LogP) is 1.77. The van der Waals surface area contributed by atoms with E-state index in [1.54, 1.807) is 4.90 Å². The summed E-state index contributed by atoms with van der Waals surface area (Å²) in [6.07, 6.45) is 0.796. The van der Waals surface area contributed by atoms with Crippen LogP contribution in [0.25, 0.3) is 0 Å². The quantitative estimate of drug-likeness (QED) is 0.592. The molecule has 2 saturated heterocycles. The van der Waals surface area contributed by atoms with E-state index in [0.29, 0.717) is 19.5 Å². The SMILES string of the molecule is COC(=O)[C@H](C[C@@H]1CCNC1=O)NC(=O)[C@@H]1[C@@H]2[C@H](CN1C(=O)[C@H](C)c1cccc(C)c1)C2(C)C. The number of ether oxygens (including phenoxy) is 1. The first-order valence-corrected chi connectivity index (χ1v) is 12.1. The Balaban J connectivity index is 1.53. The van der Waals surface area contributed by atoms with E-state index in [9.17, 15) is 19.2 Å². The second kappa shape index (κ2) is 9.04. The van der Waals surface area contributed by atoms with Gasteiger partial charge < -0.3 is 20.3 Å². The second-order valence-electron chi connectivity index (χ2n) is 10.6. The van der Waals surface area contributed by atoms with E-state index in [1.807, 2.05) is 38.1 Å². The molecule has 6 atom stereocenters. The van der Waals surface area contributed by atoms with Gasteiger partial charge in [-0.15, -0.1) is 0 Å². The number of hydrogen-bond acceptors (Lipinski definition) is 5. The number of aryl methyl sites for hydroxylation is 1. The van der Waals surface area contributed by atoms with Crippen molar-refractivity contribution in [2.45, 2.75) is 58.5 Å². The molecule has 8 nitrogen and oxygen atoms in total. The molecule has 1 aromatic carbocycles. The van der Waals surface area contributed by atoms with Crippen LogP contribution in [0.4, 0.5) is 0 Å². The molecule has 1 aliphatic carbocycles. The van der Waals surface area contributed by atoms with Gasteiger partial charge in [0.2, 0.25) is 17.7 Å². The largest absolute Gasteiger partial charge is 0.467 e. The Morgan fingerprint density at radius 3 is 2.65 bits per heavy atom. The van der Waals surface area contributed by atoms with E-state index in [1.165, 1.54) is 7.11 Å². The molecule has 1 saturated carbocycles. The fraction of sp³-hybridized carbons (Fsp3) is 0.615. The Hall–Kier alpha value is -2.90. The molecule has 8 heteroatoms. The lowest BCUT2D eigenvalue weighted by molar-refractivity contribution is -0.147. The molecule has 184 valence electrons. The van der Waals surface area contributed by atoms with Crippen molar-refractivity contribution in [3.63, 3.8) is 0 Å². The van der Waals surface area contributed by atoms with Crippen LogP contribution in [0, 0.1) is 30.1 Å². The topological polar surface area (TPSA) is 105 Å². The normalized spacial score (nSPS) is 28.5. The Morgan fingerprint density at radius 1 is 1.29 bits per heavy atom. The highest BCUT2D eigenvalue weighted by Crippen LogP contribution is 2.65. The lowest BCUT2D eigenvalue weighted by atomic mass is 9.94. The van der Waals surface area contributed by atoms with Crippen LogP contribution in [-0.4, -0.2) is 60.9 Å². The zero-order chi connectivity index (χ0) is 24.8. The van der Waals surface area contributed by atoms with E-state index in [4.69, 9.17) is 4.74 Å². The van der Waals surface area contributed by atoms with Gasteiger partial charge in [0.1, 0.15) is 12.1 Å². The Kier molecular flexibility index (Phi) is 6.44. The van der Waals surface area contributed by atoms with E-state index in [-0.39, 0.29) is 53.2 Å². The van der Waals surface area contributed by atoms with Crippen LogP contribution in [0.1, 0.15) is 50.7 Å². The summed E-state index contributed by atoms with van der Waals surface area (Å²) in [7, 11) is 1.27. The van der Waals surface area contributed by atoms with Crippen molar-refractivity contribution < 1.29 is 23.9 Å². The number of methoxy groups -OCH3 is 1. The summed E-state index contributed by atoms with van der Waals surface area (Å²) in [6, 6.07) is 6.28. The van der Waals surface area contributed by atoms with Crippen LogP contribution in [0.3, 0.4) is 0 Å². The van der Waals surface area contributed by atoms with Crippen molar-refractivity contribution in [2.75, 3.05) is 20.2 Å². The third-order valence-corrected chi connectivity index (χ3v) is 8.16. The van der Waals surface area contributed by atoms with Gasteiger partial charge in [-0.25, -0.2) is 4.79 Å². The molecule has 2 aliphatic heterocycles. The fourth-order valence-corrected chi connectivity index (χ4v) is 5.91. The maximum absolute atomic E-state index is 13.6. The molecule has 2 N–H and O–H groups in total. The van der Waals surface area contributed by atoms with Gasteiger partial charge in [0.15, 0.2) is 0 Å². The monoisotopic (exact) mass is 469 g/mol. The fourth-order valence-electron chi connectivity index (χ4n) is 5.91. The minimum Gasteiger partial charge on any atom is -0.467 e. The van der Waals surface area contributed by atoms with E-state index in [0.717, 1.165) is 11.1 Å². The summed E-state index contributed by atoms with van der Waals surface area (Å²) in [5.41, 5.74) is 1.95. The summed E-state index contributed by atoms with van der Waals surface area (Å²) in [5.74, 6) is -1.58. The van der Waals surface area contributed by atoms with Gasteiger partial charge in [-0.2, -0.15) is 0 Å². The molecular weight excluding hydrogens is 434 g/mol. The average molecular weight is 470 g/mol. The number of fused-ring (bicyclic) bond motifs is 1. The van der Waals surface area contributed by atoms with Crippen molar-refractivity contribution >= 4 is 23.7 Å². The van der Waals surface area contributed by atoms with Crippen LogP contribution in [0.2, 0.25) is 0 Å². The van der Waals surface area contributed by atoms with Crippen LogP contribution in [-0.2, 0) is 23.9 Å². The van der Waals surface area contributed by atoms with Gasteiger partial charge in [0.05, 0.1) is 13.0 Å². The molecule has 3 fully saturated rings. The standard InChI is InChI=1S/C26H35N3O5/c1-14-7-6-8-16(11-14)15(2)24(32)29-13-18-20(26(18,3)4)21(29)23(31)28-19(25(33)34-5)12-17-9-10-27-22(17)30/h6-8,11,15,17-21H,9-10,12-13H2,1-5H3,(H,27,30)(H,28,31)/t15-,17+,18+,19+,20+,21+/m1/s1. The number of rotatable bonds is 7. The van der Waals surface area contributed by atoms with E-state index >= 15 is 0 Å². The maximum atomic E-state index is 13.6. The summed E-state index contributed by atoms with van der Waals surface area (Å²) in [4.78, 5) is 53.3. The Labute approximate surface area is 200 Å². The number of carbonyl (C=O) groups is 4. The van der Waals surface area contributed by atoms with Crippen LogP contribution in [0.15, 0.2) is 24.3 Å². The second-order valence-corrected chi connectivity index (χ2v) is 10.6. The number of nitrogens with zero attached hydrogens (tertiary/aromatic N) is 1. The highest BCUT2D eigenvalue weighted by Gasteiger charge is 2.69. The minimum absolute atomic E-state index is 0.0363. The number of carbonyl (C=O) groups excluding carboxylic acids is 4. The zero-order valence-corrected chi connectivity index (χ0v) is 20.6. The number of piperidine rings is 1. The number of likely N-dealkylation sites (tertiary alicyclic amines) is 1. The van der Waals surface area contributed by atoms with Gasteiger partial charge in [0, 0.05) is 19.0 Å². The molecule has 0 bridgehead atoms. The first-order chi connectivity index (χ1) is 16.1. The van der Waals surface area contributed by atoms with Gasteiger partial charge in [-0.3, -0.25) is 14.4 Å². The van der Waals surface area contributed by atoms with Crippen molar-refractivity contribution in [3.05, 3.63) is 35.4 Å². The van der Waals surface area contributed by atoms with Crippen molar-refractivity contribution in [1.82, 2.24) is 15.5 Å². The average Bonchev–Trinajstić information content (AvgIpc) is 3.15. The molecule has 0 aromatic heterocycles. The first-order valence-electron chi connectivity index (χ1n) is 12.1. The summed E-state index contributed by atoms with van der Waals surface area (Å²) in [5, 5.41) is 5.60. The van der Waals surface area contributed by atoms with E-state index in [2.05, 4.69) is 24.5 Å². The number of amides is 3. The zero-order valence-electron chi connectivity index (χ0n) is 20.6. The van der Waals surface area contributed by atoms with Gasteiger partial charge in [-0.05, 0) is 49.5 Å². The lowest BCUT2D eigenvalue weighted by Crippen LogP contribution is -2.54. The molecule has 34 heavy (non-hydrogen) atoms.